The molecule has 1 atom stereocenters. The summed E-state index contributed by atoms with van der Waals surface area (Å²) in [6.45, 7) is 4.14. The van der Waals surface area contributed by atoms with Crippen molar-refractivity contribution in [1.29, 1.82) is 0 Å². The average molecular weight is 311 g/mol. The van der Waals surface area contributed by atoms with Gasteiger partial charge in [-0.3, -0.25) is 4.79 Å². The number of benzene rings is 1. The van der Waals surface area contributed by atoms with Crippen LogP contribution in [0.2, 0.25) is 0 Å². The molecule has 0 bridgehead atoms. The Labute approximate surface area is 125 Å². The zero-order valence-corrected chi connectivity index (χ0v) is 13.2. The molecule has 5 nitrogen and oxygen atoms in total. The predicted octanol–water partition coefficient (Wildman–Crippen LogP) is 2.26. The number of aliphatic carboxylic acids is 1. The van der Waals surface area contributed by atoms with Crippen LogP contribution in [0.15, 0.2) is 29.2 Å². The van der Waals surface area contributed by atoms with E-state index in [0.717, 1.165) is 12.0 Å². The molecule has 0 saturated carbocycles. The largest absolute Gasteiger partial charge is 0.481 e. The summed E-state index contributed by atoms with van der Waals surface area (Å²) >= 11 is 0. The lowest BCUT2D eigenvalue weighted by Gasteiger charge is -2.24. The van der Waals surface area contributed by atoms with Crippen molar-refractivity contribution in [2.45, 2.75) is 38.0 Å². The molecule has 0 radical (unpaired) electrons. The quantitative estimate of drug-likeness (QED) is 0.905. The molecule has 1 aliphatic rings. The van der Waals surface area contributed by atoms with Gasteiger partial charge in [-0.05, 0) is 31.9 Å². The van der Waals surface area contributed by atoms with Gasteiger partial charge in [-0.25, -0.2) is 8.42 Å². The average Bonchev–Trinajstić information content (AvgIpc) is 2.86. The Morgan fingerprint density at radius 3 is 2.48 bits per heavy atom. The molecule has 2 rings (SSSR count). The molecular formula is C15H21NO4S. The Kier molecular flexibility index (Phi) is 4.39. The monoisotopic (exact) mass is 311 g/mol. The molecule has 21 heavy (non-hydrogen) atoms. The van der Waals surface area contributed by atoms with Crippen LogP contribution in [-0.4, -0.2) is 36.9 Å². The molecule has 1 fully saturated rings. The van der Waals surface area contributed by atoms with Crippen LogP contribution in [0.5, 0.6) is 0 Å². The van der Waals surface area contributed by atoms with Gasteiger partial charge in [0.25, 0.3) is 0 Å². The van der Waals surface area contributed by atoms with E-state index < -0.39 is 21.4 Å². The van der Waals surface area contributed by atoms with Gasteiger partial charge in [0.1, 0.15) is 0 Å². The highest BCUT2D eigenvalue weighted by molar-refractivity contribution is 7.89. The summed E-state index contributed by atoms with van der Waals surface area (Å²) in [7, 11) is -3.61. The van der Waals surface area contributed by atoms with Crippen molar-refractivity contribution in [3.05, 3.63) is 29.8 Å². The van der Waals surface area contributed by atoms with E-state index in [0.29, 0.717) is 12.8 Å². The van der Waals surface area contributed by atoms with Crippen molar-refractivity contribution in [2.24, 2.45) is 5.41 Å². The van der Waals surface area contributed by atoms with Crippen LogP contribution in [0, 0.1) is 12.3 Å². The Hall–Kier alpha value is -1.40. The number of sulfonamides is 1. The van der Waals surface area contributed by atoms with Gasteiger partial charge in [0.2, 0.25) is 10.0 Å². The minimum Gasteiger partial charge on any atom is -0.481 e. The normalized spacial score (nSPS) is 23.3. The summed E-state index contributed by atoms with van der Waals surface area (Å²) in [4.78, 5) is 11.8. The lowest BCUT2D eigenvalue weighted by atomic mass is 9.83. The van der Waals surface area contributed by atoms with Crippen molar-refractivity contribution in [2.75, 3.05) is 13.1 Å². The molecular weight excluding hydrogens is 290 g/mol. The van der Waals surface area contributed by atoms with Crippen LogP contribution in [0.1, 0.15) is 31.7 Å². The fourth-order valence-electron chi connectivity index (χ4n) is 2.86. The van der Waals surface area contributed by atoms with Crippen LogP contribution in [0.4, 0.5) is 0 Å². The fraction of sp³-hybridized carbons (Fsp3) is 0.533. The van der Waals surface area contributed by atoms with E-state index in [-0.39, 0.29) is 18.0 Å². The molecule has 1 aromatic rings. The molecule has 0 aromatic heterocycles. The molecule has 1 N–H and O–H groups in total. The topological polar surface area (TPSA) is 74.7 Å². The molecule has 0 spiro atoms. The maximum Gasteiger partial charge on any atom is 0.311 e. The molecule has 1 heterocycles. The van der Waals surface area contributed by atoms with Gasteiger partial charge in [-0.15, -0.1) is 0 Å². The van der Waals surface area contributed by atoms with Crippen LogP contribution in [-0.2, 0) is 14.8 Å². The van der Waals surface area contributed by atoms with Gasteiger partial charge in [-0.1, -0.05) is 31.0 Å². The third kappa shape index (κ3) is 2.96. The van der Waals surface area contributed by atoms with Gasteiger partial charge >= 0.3 is 5.97 Å². The standard InChI is InChI=1S/C15H21NO4S/c1-3-8-15(14(17)18)9-10-16(11-15)21(19,20)13-6-4-12(2)5-7-13/h4-7H,3,8-11H2,1-2H3,(H,17,18). The second-order valence-corrected chi connectivity index (χ2v) is 7.68. The van der Waals surface area contributed by atoms with E-state index in [1.54, 1.807) is 24.3 Å². The van der Waals surface area contributed by atoms with Gasteiger partial charge in [0, 0.05) is 13.1 Å². The summed E-state index contributed by atoms with van der Waals surface area (Å²) in [6, 6.07) is 6.65. The molecule has 1 saturated heterocycles. The Morgan fingerprint density at radius 1 is 1.33 bits per heavy atom. The molecule has 1 aromatic carbocycles. The number of aryl methyl sites for hydroxylation is 1. The number of carboxylic acid groups (broad SMARTS) is 1. The number of nitrogens with zero attached hydrogens (tertiary/aromatic N) is 1. The van der Waals surface area contributed by atoms with Crippen LogP contribution < -0.4 is 0 Å². The third-order valence-corrected chi connectivity index (χ3v) is 6.02. The summed E-state index contributed by atoms with van der Waals surface area (Å²) in [5, 5.41) is 9.46. The van der Waals surface area contributed by atoms with E-state index in [4.69, 9.17) is 0 Å². The van der Waals surface area contributed by atoms with Gasteiger partial charge < -0.3 is 5.11 Å². The smallest absolute Gasteiger partial charge is 0.311 e. The lowest BCUT2D eigenvalue weighted by Crippen LogP contribution is -2.36. The molecule has 6 heteroatoms. The maximum absolute atomic E-state index is 12.6. The second kappa shape index (κ2) is 5.77. The fourth-order valence-corrected chi connectivity index (χ4v) is 4.39. The number of hydrogen-bond donors (Lipinski definition) is 1. The van der Waals surface area contributed by atoms with Crippen LogP contribution in [0.25, 0.3) is 0 Å². The number of rotatable bonds is 5. The number of carboxylic acids is 1. The Balaban J connectivity index is 2.27. The summed E-state index contributed by atoms with van der Waals surface area (Å²) in [5.74, 6) is -0.897. The highest BCUT2D eigenvalue weighted by Gasteiger charge is 2.47. The number of hydrogen-bond acceptors (Lipinski definition) is 3. The molecule has 1 unspecified atom stereocenters. The van der Waals surface area contributed by atoms with E-state index in [1.165, 1.54) is 4.31 Å². The Bertz CT molecular complexity index is 624. The van der Waals surface area contributed by atoms with Crippen molar-refractivity contribution in [1.82, 2.24) is 4.31 Å². The van der Waals surface area contributed by atoms with E-state index in [1.807, 2.05) is 13.8 Å². The van der Waals surface area contributed by atoms with E-state index in [2.05, 4.69) is 0 Å². The zero-order chi connectivity index (χ0) is 15.7. The summed E-state index contributed by atoms with van der Waals surface area (Å²) in [6.07, 6.45) is 1.61. The van der Waals surface area contributed by atoms with Crippen molar-refractivity contribution >= 4 is 16.0 Å². The van der Waals surface area contributed by atoms with Crippen LogP contribution >= 0.6 is 0 Å². The molecule has 0 amide bonds. The first-order chi connectivity index (χ1) is 9.82. The first kappa shape index (κ1) is 16.0. The van der Waals surface area contributed by atoms with Crippen molar-refractivity contribution < 1.29 is 18.3 Å². The molecule has 0 aliphatic carbocycles. The van der Waals surface area contributed by atoms with Crippen LogP contribution in [0.3, 0.4) is 0 Å². The van der Waals surface area contributed by atoms with E-state index >= 15 is 0 Å². The van der Waals surface area contributed by atoms with Crippen molar-refractivity contribution in [3.8, 4) is 0 Å². The highest BCUT2D eigenvalue weighted by Crippen LogP contribution is 2.38. The van der Waals surface area contributed by atoms with Gasteiger partial charge in [0.05, 0.1) is 10.3 Å². The zero-order valence-electron chi connectivity index (χ0n) is 12.4. The van der Waals surface area contributed by atoms with E-state index in [9.17, 15) is 18.3 Å². The third-order valence-electron chi connectivity index (χ3n) is 4.16. The summed E-state index contributed by atoms with van der Waals surface area (Å²) < 4.78 is 26.5. The predicted molar refractivity (Wildman–Crippen MR) is 79.5 cm³/mol. The second-order valence-electron chi connectivity index (χ2n) is 5.74. The number of carbonyl (C=O) groups is 1. The minimum absolute atomic E-state index is 0.0619. The minimum atomic E-state index is -3.61. The molecule has 1 aliphatic heterocycles. The first-order valence-corrected chi connectivity index (χ1v) is 8.56. The van der Waals surface area contributed by atoms with Gasteiger partial charge in [0.15, 0.2) is 0 Å². The summed E-state index contributed by atoms with van der Waals surface area (Å²) in [5.41, 5.74) is 0.0493. The molecule has 116 valence electrons. The maximum atomic E-state index is 12.6. The van der Waals surface area contributed by atoms with Gasteiger partial charge in [-0.2, -0.15) is 4.31 Å². The van der Waals surface area contributed by atoms with Crippen molar-refractivity contribution in [3.63, 3.8) is 0 Å². The lowest BCUT2D eigenvalue weighted by molar-refractivity contribution is -0.148. The first-order valence-electron chi connectivity index (χ1n) is 7.12. The Morgan fingerprint density at radius 2 is 1.95 bits per heavy atom. The SMILES string of the molecule is CCCC1(C(=O)O)CCN(S(=O)(=O)c2ccc(C)cc2)C1. The highest BCUT2D eigenvalue weighted by atomic mass is 32.2.